The summed E-state index contributed by atoms with van der Waals surface area (Å²) >= 11 is 0. The number of hydrogen-bond acceptors (Lipinski definition) is 0. The molecule has 0 heterocycles. The van der Waals surface area contributed by atoms with E-state index in [0.717, 1.165) is 0 Å². The van der Waals surface area contributed by atoms with Gasteiger partial charge < -0.3 is 24.8 Å². The Bertz CT molecular complexity index is 936. The zero-order valence-electron chi connectivity index (χ0n) is 16.1. The van der Waals surface area contributed by atoms with E-state index >= 15 is 0 Å². The Morgan fingerprint density at radius 3 is 1.70 bits per heavy atom. The maximum absolute atomic E-state index is 2.41. The summed E-state index contributed by atoms with van der Waals surface area (Å²) in [5, 5.41) is 0. The van der Waals surface area contributed by atoms with E-state index in [1.54, 1.807) is 11.1 Å². The molecule has 27 heavy (non-hydrogen) atoms. The Kier molecular flexibility index (Phi) is 6.06. The molecule has 0 fully saturated rings. The molecule has 5 rings (SSSR count). The summed E-state index contributed by atoms with van der Waals surface area (Å²) in [7, 11) is 0. The maximum atomic E-state index is 2.41. The molecule has 0 nitrogen and oxygen atoms in total. The van der Waals surface area contributed by atoms with Crippen LogP contribution in [-0.2, 0) is 37.0 Å². The Balaban J connectivity index is 0.000000871. The second-order valence-corrected chi connectivity index (χ2v) is 8.43. The normalized spacial score (nSPS) is 17.2. The zero-order valence-corrected chi connectivity index (χ0v) is 20.1. The van der Waals surface area contributed by atoms with Crippen LogP contribution in [0, 0.1) is 0 Å². The second kappa shape index (κ2) is 7.25. The Hall–Kier alpha value is -0.747. The van der Waals surface area contributed by atoms with Gasteiger partial charge in [-0.2, -0.15) is 17.2 Å². The van der Waals surface area contributed by atoms with E-state index in [1.807, 2.05) is 0 Å². The molecule has 0 aliphatic heterocycles. The summed E-state index contributed by atoms with van der Waals surface area (Å²) in [5.74, 6) is 0.386. The van der Waals surface area contributed by atoms with Crippen LogP contribution in [0.4, 0.5) is 0 Å². The maximum Gasteiger partial charge on any atom is 3.00 e. The van der Waals surface area contributed by atoms with Crippen molar-refractivity contribution in [3.05, 3.63) is 88.5 Å². The summed E-state index contributed by atoms with van der Waals surface area (Å²) < 4.78 is 0. The van der Waals surface area contributed by atoms with E-state index in [2.05, 4.69) is 88.4 Å². The van der Waals surface area contributed by atoms with Gasteiger partial charge in [0.1, 0.15) is 0 Å². The van der Waals surface area contributed by atoms with Crippen molar-refractivity contribution in [2.75, 3.05) is 0 Å². The fraction of sp³-hybridized carbons (Fsp3) is 0.292. The number of hydrogen-bond donors (Lipinski definition) is 0. The van der Waals surface area contributed by atoms with Crippen molar-refractivity contribution in [3.8, 4) is 11.1 Å². The Morgan fingerprint density at radius 1 is 0.704 bits per heavy atom. The van der Waals surface area contributed by atoms with Gasteiger partial charge in [0.2, 0.25) is 0 Å². The first-order valence-corrected chi connectivity index (χ1v) is 8.93. The van der Waals surface area contributed by atoms with Gasteiger partial charge in [0.25, 0.3) is 0 Å². The molecule has 137 valence electrons. The summed E-state index contributed by atoms with van der Waals surface area (Å²) in [5.41, 5.74) is 10.9. The van der Waals surface area contributed by atoms with Crippen molar-refractivity contribution in [3.63, 3.8) is 0 Å². The fourth-order valence-electron chi connectivity index (χ4n) is 5.03. The van der Waals surface area contributed by atoms with Gasteiger partial charge in [0.15, 0.2) is 0 Å². The van der Waals surface area contributed by atoms with Crippen LogP contribution < -0.4 is 24.8 Å². The summed E-state index contributed by atoms with van der Waals surface area (Å²) in [6.45, 7) is 9.59. The first-order valence-electron chi connectivity index (χ1n) is 8.93. The molecule has 0 bridgehead atoms. The van der Waals surface area contributed by atoms with Gasteiger partial charge in [-0.3, -0.25) is 0 Å². The van der Waals surface area contributed by atoms with Gasteiger partial charge in [0.05, 0.1) is 0 Å². The molecule has 0 saturated heterocycles. The van der Waals surface area contributed by atoms with Crippen molar-refractivity contribution in [2.24, 2.45) is 0 Å². The molecule has 1 radical (unpaired) electrons. The van der Waals surface area contributed by atoms with Crippen molar-refractivity contribution in [2.45, 2.75) is 44.4 Å². The molecular formula is C24H23Cl2Zr. The SMILES string of the molecule is CC1(C)c2c(C3c4ccccc4-c4ccccc43)cc[c-]2C1(C)C.[Cl-].[Cl-].[Zr+3]. The van der Waals surface area contributed by atoms with Gasteiger partial charge in [-0.25, -0.2) is 6.07 Å². The number of fused-ring (bicyclic) bond motifs is 4. The molecule has 0 atom stereocenters. The van der Waals surface area contributed by atoms with Crippen LogP contribution in [0.1, 0.15) is 61.4 Å². The third-order valence-corrected chi connectivity index (χ3v) is 6.99. The standard InChI is InChI=1S/C24H23.2ClH.Zr/c1-23(2)20-14-13-19(22(20)24(23,3)4)21-17-11-7-5-9-15(17)16-10-6-8-12-18(16)21;;;/h5-14,21H,1-4H3;2*1H;/q-1;;;+3/p-2. The molecule has 3 heteroatoms. The molecule has 3 aromatic rings. The van der Waals surface area contributed by atoms with Crippen LogP contribution in [0.15, 0.2) is 60.7 Å². The zero-order chi connectivity index (χ0) is 16.7. The smallest absolute Gasteiger partial charge is 1.00 e. The third-order valence-electron chi connectivity index (χ3n) is 6.99. The van der Waals surface area contributed by atoms with Crippen molar-refractivity contribution in [1.29, 1.82) is 0 Å². The second-order valence-electron chi connectivity index (χ2n) is 8.43. The minimum absolute atomic E-state index is 0. The molecule has 2 aliphatic carbocycles. The summed E-state index contributed by atoms with van der Waals surface area (Å²) in [4.78, 5) is 0. The van der Waals surface area contributed by atoms with Crippen molar-refractivity contribution >= 4 is 0 Å². The molecule has 0 saturated carbocycles. The third kappa shape index (κ3) is 2.69. The van der Waals surface area contributed by atoms with Gasteiger partial charge in [-0.05, 0) is 39.0 Å². The summed E-state index contributed by atoms with van der Waals surface area (Å²) in [6, 6.07) is 22.6. The average Bonchev–Trinajstić information content (AvgIpc) is 3.13. The molecule has 0 aromatic heterocycles. The van der Waals surface area contributed by atoms with Gasteiger partial charge in [-0.1, -0.05) is 76.2 Å². The molecule has 0 amide bonds. The monoisotopic (exact) mass is 471 g/mol. The van der Waals surface area contributed by atoms with E-state index < -0.39 is 0 Å². The molecule has 0 spiro atoms. The predicted molar refractivity (Wildman–Crippen MR) is 101 cm³/mol. The van der Waals surface area contributed by atoms with E-state index in [4.69, 9.17) is 0 Å². The number of halogens is 2. The summed E-state index contributed by atoms with van der Waals surface area (Å²) in [6.07, 6.45) is 0. The van der Waals surface area contributed by atoms with Crippen LogP contribution in [0.25, 0.3) is 11.1 Å². The topological polar surface area (TPSA) is 0 Å². The number of benzene rings is 2. The fourth-order valence-corrected chi connectivity index (χ4v) is 5.03. The van der Waals surface area contributed by atoms with Crippen LogP contribution >= 0.6 is 0 Å². The van der Waals surface area contributed by atoms with Gasteiger partial charge in [0, 0.05) is 0 Å². The van der Waals surface area contributed by atoms with Crippen molar-refractivity contribution < 1.29 is 51.0 Å². The largest absolute Gasteiger partial charge is 3.00 e. The van der Waals surface area contributed by atoms with Crippen molar-refractivity contribution in [1.82, 2.24) is 0 Å². The van der Waals surface area contributed by atoms with E-state index in [0.29, 0.717) is 5.92 Å². The van der Waals surface area contributed by atoms with Crippen LogP contribution in [0.2, 0.25) is 0 Å². The minimum Gasteiger partial charge on any atom is -1.00 e. The minimum atomic E-state index is 0. The Labute approximate surface area is 194 Å². The van der Waals surface area contributed by atoms with Crippen LogP contribution in [-0.4, -0.2) is 0 Å². The Morgan fingerprint density at radius 2 is 1.19 bits per heavy atom. The first kappa shape index (κ1) is 22.5. The predicted octanol–water partition coefficient (Wildman–Crippen LogP) is 0.140. The van der Waals surface area contributed by atoms with Gasteiger partial charge in [-0.15, -0.1) is 5.56 Å². The molecular weight excluding hydrogens is 450 g/mol. The molecule has 0 N–H and O–H groups in total. The average molecular weight is 474 g/mol. The molecule has 0 unspecified atom stereocenters. The van der Waals surface area contributed by atoms with Gasteiger partial charge >= 0.3 is 26.2 Å². The van der Waals surface area contributed by atoms with E-state index in [1.165, 1.54) is 27.8 Å². The molecule has 3 aromatic carbocycles. The number of rotatable bonds is 1. The van der Waals surface area contributed by atoms with E-state index in [9.17, 15) is 0 Å². The quantitative estimate of drug-likeness (QED) is 0.345. The first-order chi connectivity index (χ1) is 11.4. The molecule has 2 aliphatic rings. The van der Waals surface area contributed by atoms with E-state index in [-0.39, 0.29) is 61.8 Å². The van der Waals surface area contributed by atoms with Crippen LogP contribution in [0.3, 0.4) is 0 Å². The van der Waals surface area contributed by atoms with Crippen LogP contribution in [0.5, 0.6) is 0 Å².